The molecule has 3 rings (SSSR count). The third-order valence-corrected chi connectivity index (χ3v) is 3.98. The second-order valence-electron chi connectivity index (χ2n) is 5.51. The Morgan fingerprint density at radius 2 is 1.67 bits per heavy atom. The molecule has 0 aliphatic carbocycles. The van der Waals surface area contributed by atoms with Gasteiger partial charge in [-0.1, -0.05) is 12.1 Å². The lowest BCUT2D eigenvalue weighted by atomic mass is 10.2. The first kappa shape index (κ1) is 16.0. The lowest BCUT2D eigenvalue weighted by Gasteiger charge is -2.34. The van der Waals surface area contributed by atoms with Gasteiger partial charge >= 0.3 is 0 Å². The highest BCUT2D eigenvalue weighted by Crippen LogP contribution is 2.17. The van der Waals surface area contributed by atoms with Crippen LogP contribution < -0.4 is 14.4 Å². The van der Waals surface area contributed by atoms with E-state index in [1.807, 2.05) is 34.1 Å². The topological polar surface area (TPSA) is 67.8 Å². The van der Waals surface area contributed by atoms with Gasteiger partial charge in [0.05, 0.1) is 26.6 Å². The second-order valence-corrected chi connectivity index (χ2v) is 5.51. The summed E-state index contributed by atoms with van der Waals surface area (Å²) in [6.07, 6.45) is 3.22. The SMILES string of the molecule is COc1ccc(CN2CCN(c3ncc(OC)cn3)CC2=O)cc1. The summed E-state index contributed by atoms with van der Waals surface area (Å²) < 4.78 is 10.2. The highest BCUT2D eigenvalue weighted by Gasteiger charge is 2.25. The number of carbonyl (C=O) groups excluding carboxylic acids is 1. The first-order chi connectivity index (χ1) is 11.7. The molecule has 0 spiro atoms. The number of benzene rings is 1. The standard InChI is InChI=1S/C17H20N4O3/c1-23-14-5-3-13(4-6-14)11-20-7-8-21(12-16(20)22)17-18-9-15(24-2)10-19-17/h3-6,9-10H,7-8,11-12H2,1-2H3. The molecule has 1 fully saturated rings. The smallest absolute Gasteiger partial charge is 0.242 e. The Morgan fingerprint density at radius 1 is 1.00 bits per heavy atom. The van der Waals surface area contributed by atoms with Gasteiger partial charge in [0.1, 0.15) is 12.3 Å². The van der Waals surface area contributed by atoms with Crippen molar-refractivity contribution in [2.45, 2.75) is 6.54 Å². The van der Waals surface area contributed by atoms with Crippen LogP contribution in [0.15, 0.2) is 36.7 Å². The Bertz CT molecular complexity index is 688. The molecule has 1 aromatic carbocycles. The second kappa shape index (κ2) is 7.16. The van der Waals surface area contributed by atoms with Crippen LogP contribution in [0.25, 0.3) is 0 Å². The molecule has 0 saturated carbocycles. The zero-order valence-electron chi connectivity index (χ0n) is 13.8. The fourth-order valence-electron chi connectivity index (χ4n) is 2.58. The fourth-order valence-corrected chi connectivity index (χ4v) is 2.58. The summed E-state index contributed by atoms with van der Waals surface area (Å²) in [5.74, 6) is 2.03. The largest absolute Gasteiger partial charge is 0.497 e. The minimum Gasteiger partial charge on any atom is -0.497 e. The summed E-state index contributed by atoms with van der Waals surface area (Å²) in [7, 11) is 3.21. The summed E-state index contributed by atoms with van der Waals surface area (Å²) >= 11 is 0. The van der Waals surface area contributed by atoms with Crippen LogP contribution in [-0.4, -0.2) is 54.6 Å². The van der Waals surface area contributed by atoms with Crippen molar-refractivity contribution in [2.24, 2.45) is 0 Å². The maximum absolute atomic E-state index is 12.4. The zero-order valence-corrected chi connectivity index (χ0v) is 13.8. The molecule has 1 aromatic heterocycles. The van der Waals surface area contributed by atoms with Crippen molar-refractivity contribution in [3.8, 4) is 11.5 Å². The van der Waals surface area contributed by atoms with Gasteiger partial charge in [0, 0.05) is 19.6 Å². The maximum Gasteiger partial charge on any atom is 0.242 e. The van der Waals surface area contributed by atoms with Crippen molar-refractivity contribution in [2.75, 3.05) is 38.8 Å². The summed E-state index contributed by atoms with van der Waals surface area (Å²) in [4.78, 5) is 24.6. The van der Waals surface area contributed by atoms with Gasteiger partial charge in [-0.3, -0.25) is 4.79 Å². The quantitative estimate of drug-likeness (QED) is 0.825. The molecule has 1 amide bonds. The van der Waals surface area contributed by atoms with Crippen molar-refractivity contribution < 1.29 is 14.3 Å². The number of hydrogen-bond donors (Lipinski definition) is 0. The first-order valence-corrected chi connectivity index (χ1v) is 7.71. The molecule has 0 bridgehead atoms. The molecular weight excluding hydrogens is 308 g/mol. The fraction of sp³-hybridized carbons (Fsp3) is 0.353. The molecule has 1 saturated heterocycles. The Labute approximate surface area is 140 Å². The molecular formula is C17H20N4O3. The van der Waals surface area contributed by atoms with Crippen LogP contribution in [0.3, 0.4) is 0 Å². The molecule has 0 atom stereocenters. The number of aromatic nitrogens is 2. The average Bonchev–Trinajstić information content (AvgIpc) is 2.64. The Kier molecular flexibility index (Phi) is 4.79. The molecule has 0 unspecified atom stereocenters. The van der Waals surface area contributed by atoms with E-state index < -0.39 is 0 Å². The predicted molar refractivity (Wildman–Crippen MR) is 89.2 cm³/mol. The van der Waals surface area contributed by atoms with Gasteiger partial charge in [-0.15, -0.1) is 0 Å². The van der Waals surface area contributed by atoms with Crippen LogP contribution in [0.5, 0.6) is 11.5 Å². The van der Waals surface area contributed by atoms with E-state index in [9.17, 15) is 4.79 Å². The summed E-state index contributed by atoms with van der Waals surface area (Å²) in [6.45, 7) is 2.22. The van der Waals surface area contributed by atoms with Crippen molar-refractivity contribution >= 4 is 11.9 Å². The molecule has 126 valence electrons. The van der Waals surface area contributed by atoms with Crippen LogP contribution in [0.1, 0.15) is 5.56 Å². The van der Waals surface area contributed by atoms with Crippen molar-refractivity contribution in [1.82, 2.24) is 14.9 Å². The number of amides is 1. The van der Waals surface area contributed by atoms with Gasteiger partial charge in [-0.25, -0.2) is 9.97 Å². The monoisotopic (exact) mass is 328 g/mol. The normalized spacial score (nSPS) is 14.7. The zero-order chi connectivity index (χ0) is 16.9. The van der Waals surface area contributed by atoms with Crippen LogP contribution in [0, 0.1) is 0 Å². The lowest BCUT2D eigenvalue weighted by molar-refractivity contribution is -0.131. The lowest BCUT2D eigenvalue weighted by Crippen LogP contribution is -2.50. The number of carbonyl (C=O) groups is 1. The van der Waals surface area contributed by atoms with E-state index >= 15 is 0 Å². The van der Waals surface area contributed by atoms with Gasteiger partial charge < -0.3 is 19.3 Å². The molecule has 0 radical (unpaired) electrons. The van der Waals surface area contributed by atoms with Gasteiger partial charge in [0.2, 0.25) is 11.9 Å². The summed E-state index contributed by atoms with van der Waals surface area (Å²) in [6, 6.07) is 7.76. The van der Waals surface area contributed by atoms with Crippen molar-refractivity contribution in [3.63, 3.8) is 0 Å². The van der Waals surface area contributed by atoms with Crippen LogP contribution in [-0.2, 0) is 11.3 Å². The predicted octanol–water partition coefficient (Wildman–Crippen LogP) is 1.34. The van der Waals surface area contributed by atoms with Gasteiger partial charge in [-0.2, -0.15) is 0 Å². The number of piperazine rings is 1. The third-order valence-electron chi connectivity index (χ3n) is 3.98. The number of hydrogen-bond acceptors (Lipinski definition) is 6. The van der Waals surface area contributed by atoms with E-state index in [0.717, 1.165) is 11.3 Å². The van der Waals surface area contributed by atoms with E-state index in [1.165, 1.54) is 0 Å². The number of rotatable bonds is 5. The molecule has 1 aliphatic rings. The number of nitrogens with zero attached hydrogens (tertiary/aromatic N) is 4. The molecule has 2 heterocycles. The Morgan fingerprint density at radius 3 is 2.25 bits per heavy atom. The molecule has 7 heteroatoms. The van der Waals surface area contributed by atoms with Gasteiger partial charge in [0.15, 0.2) is 5.75 Å². The average molecular weight is 328 g/mol. The maximum atomic E-state index is 12.4. The summed E-state index contributed by atoms with van der Waals surface area (Å²) in [5.41, 5.74) is 1.08. The summed E-state index contributed by atoms with van der Waals surface area (Å²) in [5, 5.41) is 0. The minimum absolute atomic E-state index is 0.0662. The highest BCUT2D eigenvalue weighted by atomic mass is 16.5. The molecule has 24 heavy (non-hydrogen) atoms. The van der Waals surface area contributed by atoms with E-state index in [4.69, 9.17) is 9.47 Å². The molecule has 1 aliphatic heterocycles. The molecule has 2 aromatic rings. The van der Waals surface area contributed by atoms with Crippen LogP contribution in [0.2, 0.25) is 0 Å². The van der Waals surface area contributed by atoms with E-state index in [2.05, 4.69) is 9.97 Å². The highest BCUT2D eigenvalue weighted by molar-refractivity contribution is 5.82. The van der Waals surface area contributed by atoms with Gasteiger partial charge in [0.25, 0.3) is 0 Å². The van der Waals surface area contributed by atoms with E-state index in [-0.39, 0.29) is 12.5 Å². The number of methoxy groups -OCH3 is 2. The van der Waals surface area contributed by atoms with Crippen LogP contribution >= 0.6 is 0 Å². The van der Waals surface area contributed by atoms with Crippen molar-refractivity contribution in [3.05, 3.63) is 42.2 Å². The number of anilines is 1. The van der Waals surface area contributed by atoms with Crippen molar-refractivity contribution in [1.29, 1.82) is 0 Å². The van der Waals surface area contributed by atoms with Crippen LogP contribution in [0.4, 0.5) is 5.95 Å². The van der Waals surface area contributed by atoms with E-state index in [1.54, 1.807) is 26.6 Å². The van der Waals surface area contributed by atoms with E-state index in [0.29, 0.717) is 31.3 Å². The Balaban J connectivity index is 1.60. The molecule has 7 nitrogen and oxygen atoms in total. The minimum atomic E-state index is 0.0662. The third kappa shape index (κ3) is 3.56. The van der Waals surface area contributed by atoms with Gasteiger partial charge in [-0.05, 0) is 17.7 Å². The number of ether oxygens (including phenoxy) is 2. The molecule has 0 N–H and O–H groups in total. The Hall–Kier alpha value is -2.83. The first-order valence-electron chi connectivity index (χ1n) is 7.71.